The van der Waals surface area contributed by atoms with Crippen molar-refractivity contribution in [1.29, 1.82) is 0 Å². The molecule has 0 spiro atoms. The van der Waals surface area contributed by atoms with Crippen LogP contribution in [0.5, 0.6) is 0 Å². The maximum absolute atomic E-state index is 11.9. The van der Waals surface area contributed by atoms with Gasteiger partial charge in [0, 0.05) is 13.5 Å². The number of nitrogens with two attached hydrogens (primary N) is 1. The largest absolute Gasteiger partial charge is 0.397 e. The molecule has 1 fully saturated rings. The SMILES string of the molecule is Cc1cc(NC2CCC(=O)N(C)C2=O)ncc1N. The molecule has 1 aliphatic heterocycles. The molecular weight excluding hydrogens is 232 g/mol. The molecular formula is C12H16N4O2. The molecule has 3 N–H and O–H groups in total. The molecule has 0 aliphatic carbocycles. The number of rotatable bonds is 2. The van der Waals surface area contributed by atoms with Gasteiger partial charge in [-0.05, 0) is 25.0 Å². The van der Waals surface area contributed by atoms with Gasteiger partial charge in [0.25, 0.3) is 5.91 Å². The highest BCUT2D eigenvalue weighted by Gasteiger charge is 2.31. The van der Waals surface area contributed by atoms with Crippen molar-refractivity contribution in [2.45, 2.75) is 25.8 Å². The van der Waals surface area contributed by atoms with Crippen molar-refractivity contribution in [3.8, 4) is 0 Å². The third-order valence-corrected chi connectivity index (χ3v) is 3.12. The number of nitrogen functional groups attached to an aromatic ring is 1. The molecule has 0 radical (unpaired) electrons. The molecule has 0 aromatic carbocycles. The average molecular weight is 248 g/mol. The van der Waals surface area contributed by atoms with Crippen molar-refractivity contribution in [3.63, 3.8) is 0 Å². The van der Waals surface area contributed by atoms with Gasteiger partial charge in [0.2, 0.25) is 5.91 Å². The third kappa shape index (κ3) is 2.27. The van der Waals surface area contributed by atoms with Gasteiger partial charge < -0.3 is 11.1 Å². The van der Waals surface area contributed by atoms with Crippen LogP contribution in [0.4, 0.5) is 11.5 Å². The predicted octanol–water partition coefficient (Wildman–Crippen LogP) is 0.532. The average Bonchev–Trinajstić information content (AvgIpc) is 2.34. The van der Waals surface area contributed by atoms with Crippen LogP contribution in [0.15, 0.2) is 12.3 Å². The highest BCUT2D eigenvalue weighted by atomic mass is 16.2. The molecule has 0 saturated carbocycles. The fourth-order valence-corrected chi connectivity index (χ4v) is 1.87. The first kappa shape index (κ1) is 12.3. The van der Waals surface area contributed by atoms with Crippen molar-refractivity contribution in [3.05, 3.63) is 17.8 Å². The third-order valence-electron chi connectivity index (χ3n) is 3.12. The first-order chi connectivity index (χ1) is 8.49. The normalized spacial score (nSPS) is 20.1. The molecule has 6 heteroatoms. The number of carbonyl (C=O) groups excluding carboxylic acids is 2. The zero-order valence-electron chi connectivity index (χ0n) is 10.4. The lowest BCUT2D eigenvalue weighted by Gasteiger charge is -2.28. The first-order valence-corrected chi connectivity index (χ1v) is 5.78. The van der Waals surface area contributed by atoms with Crippen LogP contribution in [0, 0.1) is 6.92 Å². The Morgan fingerprint density at radius 2 is 2.22 bits per heavy atom. The van der Waals surface area contributed by atoms with Gasteiger partial charge >= 0.3 is 0 Å². The Labute approximate surface area is 105 Å². The van der Waals surface area contributed by atoms with Crippen molar-refractivity contribution in [1.82, 2.24) is 9.88 Å². The second-order valence-electron chi connectivity index (χ2n) is 4.45. The second kappa shape index (κ2) is 4.64. The highest BCUT2D eigenvalue weighted by Crippen LogP contribution is 2.18. The van der Waals surface area contributed by atoms with Crippen LogP contribution in [0.2, 0.25) is 0 Å². The van der Waals surface area contributed by atoms with E-state index in [9.17, 15) is 9.59 Å². The van der Waals surface area contributed by atoms with E-state index in [4.69, 9.17) is 5.73 Å². The molecule has 1 atom stereocenters. The number of likely N-dealkylation sites (tertiary alicyclic amines) is 1. The van der Waals surface area contributed by atoms with Crippen LogP contribution in [0.25, 0.3) is 0 Å². The van der Waals surface area contributed by atoms with E-state index in [0.29, 0.717) is 24.3 Å². The van der Waals surface area contributed by atoms with Gasteiger partial charge in [0.05, 0.1) is 11.9 Å². The number of nitrogens with zero attached hydrogens (tertiary/aromatic N) is 2. The number of nitrogens with one attached hydrogen (secondary N) is 1. The zero-order valence-corrected chi connectivity index (χ0v) is 10.4. The Bertz CT molecular complexity index is 501. The minimum atomic E-state index is -0.400. The monoisotopic (exact) mass is 248 g/mol. The van der Waals surface area contributed by atoms with E-state index >= 15 is 0 Å². The second-order valence-corrected chi connectivity index (χ2v) is 4.45. The molecule has 1 aromatic heterocycles. The minimum Gasteiger partial charge on any atom is -0.397 e. The van der Waals surface area contributed by atoms with E-state index in [1.165, 1.54) is 7.05 Å². The number of piperidine rings is 1. The van der Waals surface area contributed by atoms with Crippen molar-refractivity contribution < 1.29 is 9.59 Å². The molecule has 1 aromatic rings. The molecule has 0 bridgehead atoms. The summed E-state index contributed by atoms with van der Waals surface area (Å²) in [6, 6.07) is 1.39. The number of pyridine rings is 1. The lowest BCUT2D eigenvalue weighted by atomic mass is 10.0. The smallest absolute Gasteiger partial charge is 0.251 e. The van der Waals surface area contributed by atoms with E-state index in [0.717, 1.165) is 10.5 Å². The Kier molecular flexibility index (Phi) is 3.18. The Morgan fingerprint density at radius 1 is 1.50 bits per heavy atom. The summed E-state index contributed by atoms with van der Waals surface area (Å²) in [5.74, 6) is 0.241. The van der Waals surface area contributed by atoms with Crippen LogP contribution in [0.1, 0.15) is 18.4 Å². The van der Waals surface area contributed by atoms with Gasteiger partial charge in [-0.2, -0.15) is 0 Å². The van der Waals surface area contributed by atoms with E-state index in [1.807, 2.05) is 6.92 Å². The number of aromatic nitrogens is 1. The molecule has 6 nitrogen and oxygen atoms in total. The summed E-state index contributed by atoms with van der Waals surface area (Å²) in [4.78, 5) is 28.5. The summed E-state index contributed by atoms with van der Waals surface area (Å²) in [5.41, 5.74) is 7.20. The van der Waals surface area contributed by atoms with E-state index in [1.54, 1.807) is 12.3 Å². The molecule has 2 amide bonds. The lowest BCUT2D eigenvalue weighted by molar-refractivity contribution is -0.146. The van der Waals surface area contributed by atoms with E-state index in [2.05, 4.69) is 10.3 Å². The number of aryl methyl sites for hydroxylation is 1. The highest BCUT2D eigenvalue weighted by molar-refractivity contribution is 6.01. The maximum Gasteiger partial charge on any atom is 0.251 e. The molecule has 2 heterocycles. The topological polar surface area (TPSA) is 88.3 Å². The van der Waals surface area contributed by atoms with Gasteiger partial charge in [0.1, 0.15) is 11.9 Å². The number of anilines is 2. The Hall–Kier alpha value is -2.11. The molecule has 1 aliphatic rings. The zero-order chi connectivity index (χ0) is 13.3. The standard InChI is InChI=1S/C12H16N4O2/c1-7-5-10(14-6-8(7)13)15-9-3-4-11(17)16(2)12(9)18/h5-6,9H,3-4,13H2,1-2H3,(H,14,15). The van der Waals surface area contributed by atoms with Crippen LogP contribution >= 0.6 is 0 Å². The van der Waals surface area contributed by atoms with Crippen LogP contribution in [-0.4, -0.2) is 34.8 Å². The molecule has 18 heavy (non-hydrogen) atoms. The number of hydrogen-bond donors (Lipinski definition) is 2. The van der Waals surface area contributed by atoms with Gasteiger partial charge in [-0.3, -0.25) is 14.5 Å². The van der Waals surface area contributed by atoms with Crippen LogP contribution in [-0.2, 0) is 9.59 Å². The van der Waals surface area contributed by atoms with Crippen LogP contribution in [0.3, 0.4) is 0 Å². The van der Waals surface area contributed by atoms with Crippen molar-refractivity contribution >= 4 is 23.3 Å². The van der Waals surface area contributed by atoms with Gasteiger partial charge in [-0.15, -0.1) is 0 Å². The fraction of sp³-hybridized carbons (Fsp3) is 0.417. The van der Waals surface area contributed by atoms with Gasteiger partial charge in [-0.1, -0.05) is 0 Å². The van der Waals surface area contributed by atoms with Crippen molar-refractivity contribution in [2.75, 3.05) is 18.1 Å². The van der Waals surface area contributed by atoms with Gasteiger partial charge in [0.15, 0.2) is 0 Å². The van der Waals surface area contributed by atoms with Crippen LogP contribution < -0.4 is 11.1 Å². The number of hydrogen-bond acceptors (Lipinski definition) is 5. The summed E-state index contributed by atoms with van der Waals surface area (Å²) in [7, 11) is 1.50. The Balaban J connectivity index is 2.11. The van der Waals surface area contributed by atoms with E-state index < -0.39 is 6.04 Å². The molecule has 1 saturated heterocycles. The predicted molar refractivity (Wildman–Crippen MR) is 67.8 cm³/mol. The van der Waals surface area contributed by atoms with Crippen molar-refractivity contribution in [2.24, 2.45) is 0 Å². The molecule has 96 valence electrons. The first-order valence-electron chi connectivity index (χ1n) is 5.78. The number of likely N-dealkylation sites (N-methyl/N-ethyl adjacent to an activating group) is 1. The Morgan fingerprint density at radius 3 is 2.89 bits per heavy atom. The van der Waals surface area contributed by atoms with E-state index in [-0.39, 0.29) is 11.8 Å². The number of imide groups is 1. The summed E-state index contributed by atoms with van der Waals surface area (Å²) >= 11 is 0. The quantitative estimate of drug-likeness (QED) is 0.745. The maximum atomic E-state index is 11.9. The summed E-state index contributed by atoms with van der Waals surface area (Å²) in [5, 5.41) is 3.04. The lowest BCUT2D eigenvalue weighted by Crippen LogP contribution is -2.48. The summed E-state index contributed by atoms with van der Waals surface area (Å²) < 4.78 is 0. The number of amides is 2. The fourth-order valence-electron chi connectivity index (χ4n) is 1.87. The minimum absolute atomic E-state index is 0.139. The summed E-state index contributed by atoms with van der Waals surface area (Å²) in [6.45, 7) is 1.88. The number of carbonyl (C=O) groups is 2. The van der Waals surface area contributed by atoms with Gasteiger partial charge in [-0.25, -0.2) is 4.98 Å². The summed E-state index contributed by atoms with van der Waals surface area (Å²) in [6.07, 6.45) is 2.42. The molecule has 2 rings (SSSR count). The molecule has 1 unspecified atom stereocenters.